The van der Waals surface area contributed by atoms with E-state index in [0.29, 0.717) is 34.9 Å². The Morgan fingerprint density at radius 2 is 1.64 bits per heavy atom. The molecule has 0 fully saturated rings. The highest BCUT2D eigenvalue weighted by molar-refractivity contribution is 7.92. The molecule has 4 N–H and O–H groups in total. The first-order valence-corrected chi connectivity index (χ1v) is 10.6. The Balaban J connectivity index is 1.84. The van der Waals surface area contributed by atoms with Gasteiger partial charge in [-0.2, -0.15) is 0 Å². The number of aromatic nitrogens is 2. The Kier molecular flexibility index (Phi) is 5.65. The van der Waals surface area contributed by atoms with E-state index in [2.05, 4.69) is 9.97 Å². The van der Waals surface area contributed by atoms with Gasteiger partial charge in [0.1, 0.15) is 5.82 Å². The van der Waals surface area contributed by atoms with Crippen LogP contribution in [0.3, 0.4) is 0 Å². The summed E-state index contributed by atoms with van der Waals surface area (Å²) in [6.45, 7) is 3.33. The van der Waals surface area contributed by atoms with E-state index in [4.69, 9.17) is 11.5 Å². The summed E-state index contributed by atoms with van der Waals surface area (Å²) in [5.41, 5.74) is 15.9. The zero-order valence-electron chi connectivity index (χ0n) is 16.0. The fourth-order valence-electron chi connectivity index (χ4n) is 2.86. The second-order valence-electron chi connectivity index (χ2n) is 6.90. The molecule has 1 aromatic heterocycles. The van der Waals surface area contributed by atoms with Gasteiger partial charge in [-0.05, 0) is 50.5 Å². The summed E-state index contributed by atoms with van der Waals surface area (Å²) < 4.78 is 24.5. The van der Waals surface area contributed by atoms with Crippen molar-refractivity contribution in [1.82, 2.24) is 9.97 Å². The van der Waals surface area contributed by atoms with Crippen LogP contribution in [0.4, 0.5) is 11.5 Å². The molecule has 3 aromatic rings. The van der Waals surface area contributed by atoms with Gasteiger partial charge in [0.15, 0.2) is 9.84 Å². The Morgan fingerprint density at radius 3 is 2.29 bits per heavy atom. The molecular weight excluding hydrogens is 372 g/mol. The number of nitrogen functional groups attached to an aromatic ring is 2. The first-order valence-electron chi connectivity index (χ1n) is 9.08. The van der Waals surface area contributed by atoms with Crippen molar-refractivity contribution < 1.29 is 8.42 Å². The average molecular weight is 397 g/mol. The van der Waals surface area contributed by atoms with Gasteiger partial charge < -0.3 is 11.5 Å². The lowest BCUT2D eigenvalue weighted by Crippen LogP contribution is -2.13. The molecule has 146 valence electrons. The van der Waals surface area contributed by atoms with Crippen LogP contribution in [-0.4, -0.2) is 23.6 Å². The Hall–Kier alpha value is -2.93. The molecule has 1 heterocycles. The van der Waals surface area contributed by atoms with Crippen molar-refractivity contribution in [2.45, 2.75) is 36.8 Å². The molecule has 0 aliphatic heterocycles. The number of sulfone groups is 1. The highest BCUT2D eigenvalue weighted by Crippen LogP contribution is 2.23. The number of nitrogens with zero attached hydrogens (tertiary/aromatic N) is 2. The van der Waals surface area contributed by atoms with Crippen LogP contribution in [-0.2, 0) is 22.7 Å². The molecule has 0 aliphatic rings. The summed E-state index contributed by atoms with van der Waals surface area (Å²) in [7, 11) is -3.30. The van der Waals surface area contributed by atoms with Crippen LogP contribution in [0, 0.1) is 0 Å². The fraction of sp³-hybridized carbons (Fsp3) is 0.238. The number of anilines is 2. The van der Waals surface area contributed by atoms with E-state index in [0.717, 1.165) is 16.8 Å². The molecule has 0 spiro atoms. The Bertz CT molecular complexity index is 1080. The topological polar surface area (TPSA) is 112 Å². The maximum atomic E-state index is 12.3. The van der Waals surface area contributed by atoms with E-state index in [-0.39, 0.29) is 0 Å². The minimum Gasteiger partial charge on any atom is -0.399 e. The molecule has 2 aromatic carbocycles. The molecule has 28 heavy (non-hydrogen) atoms. The summed E-state index contributed by atoms with van der Waals surface area (Å²) in [6, 6.07) is 14.4. The summed E-state index contributed by atoms with van der Waals surface area (Å²) in [5, 5.41) is -0.466. The van der Waals surface area contributed by atoms with Crippen molar-refractivity contribution in [2.24, 2.45) is 0 Å². The van der Waals surface area contributed by atoms with Gasteiger partial charge in [-0.3, -0.25) is 0 Å². The molecule has 0 radical (unpaired) electrons. The second kappa shape index (κ2) is 7.98. The largest absolute Gasteiger partial charge is 0.399 e. The fourth-order valence-corrected chi connectivity index (χ4v) is 3.92. The third-order valence-electron chi connectivity index (χ3n) is 4.66. The third-order valence-corrected chi connectivity index (χ3v) is 6.83. The number of benzene rings is 2. The summed E-state index contributed by atoms with van der Waals surface area (Å²) in [5.74, 6) is 0.386. The van der Waals surface area contributed by atoms with Crippen LogP contribution in [0.2, 0.25) is 0 Å². The van der Waals surface area contributed by atoms with E-state index in [9.17, 15) is 8.42 Å². The first kappa shape index (κ1) is 19.8. The standard InChI is InChI=1S/C21H24N4O2S/c1-14(2)28(26,27)17-10-7-16(8-11-17)20-13-24-21(23)19(25-20)12-9-15-5-3-4-6-18(15)22/h3-8,10-11,13-14H,9,12,22H2,1-2H3,(H2,23,24). The summed E-state index contributed by atoms with van der Waals surface area (Å²) in [6.07, 6.45) is 2.92. The molecule has 0 saturated carbocycles. The van der Waals surface area contributed by atoms with Crippen LogP contribution in [0.5, 0.6) is 0 Å². The number of para-hydroxylation sites is 1. The SMILES string of the molecule is CC(C)S(=O)(=O)c1ccc(-c2cnc(N)c(CCc3ccccc3N)n2)cc1. The third kappa shape index (κ3) is 4.14. The zero-order chi connectivity index (χ0) is 20.3. The van der Waals surface area contributed by atoms with E-state index in [1.807, 2.05) is 24.3 Å². The van der Waals surface area contributed by atoms with Crippen molar-refractivity contribution >= 4 is 21.3 Å². The number of nitrogens with two attached hydrogens (primary N) is 2. The van der Waals surface area contributed by atoms with Gasteiger partial charge in [0, 0.05) is 11.3 Å². The van der Waals surface area contributed by atoms with Gasteiger partial charge in [0.25, 0.3) is 0 Å². The lowest BCUT2D eigenvalue weighted by atomic mass is 10.1. The van der Waals surface area contributed by atoms with Crippen LogP contribution >= 0.6 is 0 Å². The molecule has 7 heteroatoms. The van der Waals surface area contributed by atoms with Crippen LogP contribution < -0.4 is 11.5 Å². The Morgan fingerprint density at radius 1 is 0.964 bits per heavy atom. The van der Waals surface area contributed by atoms with Crippen LogP contribution in [0.15, 0.2) is 59.6 Å². The van der Waals surface area contributed by atoms with E-state index < -0.39 is 15.1 Å². The highest BCUT2D eigenvalue weighted by Gasteiger charge is 2.19. The second-order valence-corrected chi connectivity index (χ2v) is 9.41. The van der Waals surface area contributed by atoms with Crippen molar-refractivity contribution in [3.05, 3.63) is 66.0 Å². The van der Waals surface area contributed by atoms with Crippen molar-refractivity contribution in [3.8, 4) is 11.3 Å². The van der Waals surface area contributed by atoms with Crippen LogP contribution in [0.1, 0.15) is 25.1 Å². The molecule has 0 saturated heterocycles. The lowest BCUT2D eigenvalue weighted by molar-refractivity contribution is 0.587. The van der Waals surface area contributed by atoms with Gasteiger partial charge in [-0.25, -0.2) is 18.4 Å². The van der Waals surface area contributed by atoms with Gasteiger partial charge >= 0.3 is 0 Å². The summed E-state index contributed by atoms with van der Waals surface area (Å²) in [4.78, 5) is 9.19. The predicted octanol–water partition coefficient (Wildman–Crippen LogP) is 3.28. The van der Waals surface area contributed by atoms with E-state index >= 15 is 0 Å². The predicted molar refractivity (Wildman–Crippen MR) is 112 cm³/mol. The quantitative estimate of drug-likeness (QED) is 0.619. The zero-order valence-corrected chi connectivity index (χ0v) is 16.8. The highest BCUT2D eigenvalue weighted by atomic mass is 32.2. The molecule has 0 bridgehead atoms. The number of hydrogen-bond acceptors (Lipinski definition) is 6. The molecule has 0 amide bonds. The Labute approximate surface area is 165 Å². The maximum Gasteiger partial charge on any atom is 0.180 e. The minimum atomic E-state index is -3.30. The molecule has 0 aliphatic carbocycles. The van der Waals surface area contributed by atoms with Crippen molar-refractivity contribution in [1.29, 1.82) is 0 Å². The van der Waals surface area contributed by atoms with E-state index in [1.54, 1.807) is 44.3 Å². The summed E-state index contributed by atoms with van der Waals surface area (Å²) >= 11 is 0. The smallest absolute Gasteiger partial charge is 0.180 e. The van der Waals surface area contributed by atoms with Gasteiger partial charge in [0.05, 0.1) is 27.7 Å². The van der Waals surface area contributed by atoms with Gasteiger partial charge in [0.2, 0.25) is 0 Å². The molecule has 0 atom stereocenters. The lowest BCUT2D eigenvalue weighted by Gasteiger charge is -2.10. The monoisotopic (exact) mass is 396 g/mol. The van der Waals surface area contributed by atoms with E-state index in [1.165, 1.54) is 0 Å². The molecular formula is C21H24N4O2S. The maximum absolute atomic E-state index is 12.3. The minimum absolute atomic E-state index is 0.300. The molecule has 6 nitrogen and oxygen atoms in total. The first-order chi connectivity index (χ1) is 13.3. The normalized spacial score (nSPS) is 11.7. The van der Waals surface area contributed by atoms with Gasteiger partial charge in [-0.15, -0.1) is 0 Å². The van der Waals surface area contributed by atoms with Gasteiger partial charge in [-0.1, -0.05) is 30.3 Å². The molecule has 0 unspecified atom stereocenters. The number of rotatable bonds is 6. The average Bonchev–Trinajstić information content (AvgIpc) is 2.68. The van der Waals surface area contributed by atoms with Crippen molar-refractivity contribution in [2.75, 3.05) is 11.5 Å². The number of hydrogen-bond donors (Lipinski definition) is 2. The number of aryl methyl sites for hydroxylation is 2. The molecule has 3 rings (SSSR count). The van der Waals surface area contributed by atoms with Crippen molar-refractivity contribution in [3.63, 3.8) is 0 Å². The van der Waals surface area contributed by atoms with Crippen LogP contribution in [0.25, 0.3) is 11.3 Å².